The Morgan fingerprint density at radius 2 is 1.89 bits per heavy atom. The zero-order valence-corrected chi connectivity index (χ0v) is 16.7. The van der Waals surface area contributed by atoms with Crippen molar-refractivity contribution < 1.29 is 9.59 Å². The Bertz CT molecular complexity index is 733. The Labute approximate surface area is 165 Å². The summed E-state index contributed by atoms with van der Waals surface area (Å²) in [5, 5.41) is 5.45. The molecule has 0 radical (unpaired) electrons. The third-order valence-electron chi connectivity index (χ3n) is 4.20. The average molecular weight is 394 g/mol. The normalized spacial score (nSPS) is 12.8. The molecule has 2 aromatic rings. The van der Waals surface area contributed by atoms with Gasteiger partial charge in [0.2, 0.25) is 11.8 Å². The molecule has 0 saturated heterocycles. The predicted molar refractivity (Wildman–Crippen MR) is 108 cm³/mol. The van der Waals surface area contributed by atoms with E-state index in [4.69, 9.17) is 5.73 Å². The number of hydrogen-bond donors (Lipinski definition) is 4. The number of amides is 2. The summed E-state index contributed by atoms with van der Waals surface area (Å²) in [6, 6.07) is 8.97. The van der Waals surface area contributed by atoms with Gasteiger partial charge in [0.05, 0.1) is 30.5 Å². The molecule has 0 fully saturated rings. The Morgan fingerprint density at radius 3 is 2.48 bits per heavy atom. The SMILES string of the molecule is CCC(NC(=O)CNC(=O)[C@@H](N)C(C)C)c1ncc(-c2ccccc2)[nH]1.Cl. The number of imidazole rings is 1. The molecule has 0 aliphatic heterocycles. The van der Waals surface area contributed by atoms with Crippen LogP contribution in [0.3, 0.4) is 0 Å². The van der Waals surface area contributed by atoms with Gasteiger partial charge in [-0.15, -0.1) is 12.4 Å². The van der Waals surface area contributed by atoms with Crippen molar-refractivity contribution in [2.45, 2.75) is 39.3 Å². The fraction of sp³-hybridized carbons (Fsp3) is 0.421. The number of aromatic amines is 1. The van der Waals surface area contributed by atoms with E-state index in [1.165, 1.54) is 0 Å². The van der Waals surface area contributed by atoms with Crippen LogP contribution in [0.2, 0.25) is 0 Å². The summed E-state index contributed by atoms with van der Waals surface area (Å²) < 4.78 is 0. The lowest BCUT2D eigenvalue weighted by atomic mass is 10.1. The molecule has 2 rings (SSSR count). The minimum absolute atomic E-state index is 0. The van der Waals surface area contributed by atoms with Crippen molar-refractivity contribution in [2.75, 3.05) is 6.54 Å². The zero-order valence-electron chi connectivity index (χ0n) is 15.9. The summed E-state index contributed by atoms with van der Waals surface area (Å²) in [6.45, 7) is 5.57. The topological polar surface area (TPSA) is 113 Å². The van der Waals surface area contributed by atoms with Crippen LogP contribution in [0.1, 0.15) is 39.1 Å². The number of hydrogen-bond acceptors (Lipinski definition) is 4. The van der Waals surface area contributed by atoms with Gasteiger partial charge in [0.25, 0.3) is 0 Å². The van der Waals surface area contributed by atoms with E-state index in [1.807, 2.05) is 51.1 Å². The summed E-state index contributed by atoms with van der Waals surface area (Å²) in [7, 11) is 0. The third-order valence-corrected chi connectivity index (χ3v) is 4.20. The van der Waals surface area contributed by atoms with Crippen LogP contribution >= 0.6 is 12.4 Å². The minimum Gasteiger partial charge on any atom is -0.346 e. The van der Waals surface area contributed by atoms with Crippen molar-refractivity contribution in [3.63, 3.8) is 0 Å². The smallest absolute Gasteiger partial charge is 0.239 e. The highest BCUT2D eigenvalue weighted by atomic mass is 35.5. The summed E-state index contributed by atoms with van der Waals surface area (Å²) in [4.78, 5) is 31.6. The van der Waals surface area contributed by atoms with Crippen LogP contribution in [0, 0.1) is 5.92 Å². The largest absolute Gasteiger partial charge is 0.346 e. The van der Waals surface area contributed by atoms with Crippen LogP contribution in [0.4, 0.5) is 0 Å². The summed E-state index contributed by atoms with van der Waals surface area (Å²) >= 11 is 0. The van der Waals surface area contributed by atoms with Gasteiger partial charge < -0.3 is 21.4 Å². The van der Waals surface area contributed by atoms with Crippen LogP contribution in [-0.4, -0.2) is 34.4 Å². The second kappa shape index (κ2) is 10.7. The molecule has 2 atom stereocenters. The molecular formula is C19H28ClN5O2. The first-order valence-electron chi connectivity index (χ1n) is 8.85. The number of rotatable bonds is 8. The van der Waals surface area contributed by atoms with Crippen molar-refractivity contribution in [3.05, 3.63) is 42.4 Å². The summed E-state index contributed by atoms with van der Waals surface area (Å²) in [6.07, 6.45) is 2.43. The monoisotopic (exact) mass is 393 g/mol. The molecule has 7 nitrogen and oxygen atoms in total. The van der Waals surface area contributed by atoms with Crippen molar-refractivity contribution in [1.82, 2.24) is 20.6 Å². The Balaban J connectivity index is 0.00000364. The molecule has 1 heterocycles. The standard InChI is InChI=1S/C19H27N5O2.ClH/c1-4-14(23-16(25)11-22-19(26)17(20)12(2)3)18-21-10-15(24-18)13-8-6-5-7-9-13;/h5-10,12,14,17H,4,11,20H2,1-3H3,(H,21,24)(H,22,26)(H,23,25);1H/t14?,17-;/m0./s1. The molecule has 0 spiro atoms. The molecule has 0 aliphatic rings. The average Bonchev–Trinajstić information content (AvgIpc) is 3.14. The van der Waals surface area contributed by atoms with Crippen LogP contribution in [0.5, 0.6) is 0 Å². The minimum atomic E-state index is -0.622. The highest BCUT2D eigenvalue weighted by Crippen LogP contribution is 2.20. The van der Waals surface area contributed by atoms with Gasteiger partial charge in [-0.2, -0.15) is 0 Å². The summed E-state index contributed by atoms with van der Waals surface area (Å²) in [5.74, 6) is 0.0947. The maximum atomic E-state index is 12.2. The fourth-order valence-electron chi connectivity index (χ4n) is 2.48. The second-order valence-electron chi connectivity index (χ2n) is 6.56. The van der Waals surface area contributed by atoms with Gasteiger partial charge in [0, 0.05) is 0 Å². The molecule has 8 heteroatoms. The Morgan fingerprint density at radius 1 is 1.22 bits per heavy atom. The van der Waals surface area contributed by atoms with Gasteiger partial charge in [-0.1, -0.05) is 51.1 Å². The molecule has 0 aliphatic carbocycles. The van der Waals surface area contributed by atoms with Crippen LogP contribution in [0.15, 0.2) is 36.5 Å². The first kappa shape index (κ1) is 22.7. The Kier molecular flexibility index (Phi) is 8.97. The van der Waals surface area contributed by atoms with Gasteiger partial charge in [0.15, 0.2) is 0 Å². The van der Waals surface area contributed by atoms with E-state index in [-0.39, 0.29) is 42.7 Å². The molecule has 0 bridgehead atoms. The molecule has 0 saturated carbocycles. The molecule has 1 unspecified atom stereocenters. The highest BCUT2D eigenvalue weighted by Gasteiger charge is 2.20. The lowest BCUT2D eigenvalue weighted by molar-refractivity contribution is -0.127. The van der Waals surface area contributed by atoms with Gasteiger partial charge in [0.1, 0.15) is 5.82 Å². The van der Waals surface area contributed by atoms with E-state index in [9.17, 15) is 9.59 Å². The highest BCUT2D eigenvalue weighted by molar-refractivity contribution is 5.87. The first-order valence-corrected chi connectivity index (χ1v) is 8.85. The van der Waals surface area contributed by atoms with Crippen molar-refractivity contribution in [2.24, 2.45) is 11.7 Å². The predicted octanol–water partition coefficient (Wildman–Crippen LogP) is 2.17. The van der Waals surface area contributed by atoms with Gasteiger partial charge in [-0.25, -0.2) is 4.98 Å². The molecular weight excluding hydrogens is 366 g/mol. The van der Waals surface area contributed by atoms with Crippen molar-refractivity contribution in [3.8, 4) is 11.3 Å². The van der Waals surface area contributed by atoms with Gasteiger partial charge in [-0.05, 0) is 17.9 Å². The van der Waals surface area contributed by atoms with Crippen LogP contribution in [0.25, 0.3) is 11.3 Å². The number of nitrogens with two attached hydrogens (primary N) is 1. The van der Waals surface area contributed by atoms with E-state index in [0.717, 1.165) is 11.3 Å². The quantitative estimate of drug-likeness (QED) is 0.550. The van der Waals surface area contributed by atoms with E-state index < -0.39 is 6.04 Å². The van der Waals surface area contributed by atoms with Crippen molar-refractivity contribution >= 4 is 24.2 Å². The molecule has 27 heavy (non-hydrogen) atoms. The first-order chi connectivity index (χ1) is 12.4. The molecule has 148 valence electrons. The molecule has 2 amide bonds. The van der Waals surface area contributed by atoms with E-state index in [1.54, 1.807) is 6.20 Å². The molecule has 1 aromatic heterocycles. The number of carbonyl (C=O) groups is 2. The number of nitrogens with zero attached hydrogens (tertiary/aromatic N) is 1. The third kappa shape index (κ3) is 6.37. The van der Waals surface area contributed by atoms with E-state index in [0.29, 0.717) is 12.2 Å². The van der Waals surface area contributed by atoms with Crippen LogP contribution < -0.4 is 16.4 Å². The lowest BCUT2D eigenvalue weighted by Crippen LogP contribution is -2.47. The number of nitrogens with one attached hydrogen (secondary N) is 3. The lowest BCUT2D eigenvalue weighted by Gasteiger charge is -2.17. The maximum absolute atomic E-state index is 12.2. The Hall–Kier alpha value is -2.38. The maximum Gasteiger partial charge on any atom is 0.239 e. The number of halogens is 1. The molecule has 5 N–H and O–H groups in total. The zero-order chi connectivity index (χ0) is 19.1. The second-order valence-corrected chi connectivity index (χ2v) is 6.56. The van der Waals surface area contributed by atoms with Gasteiger partial charge >= 0.3 is 0 Å². The van der Waals surface area contributed by atoms with Crippen LogP contribution in [-0.2, 0) is 9.59 Å². The number of aromatic nitrogens is 2. The fourth-order valence-corrected chi connectivity index (χ4v) is 2.48. The summed E-state index contributed by atoms with van der Waals surface area (Å²) in [5.41, 5.74) is 7.69. The van der Waals surface area contributed by atoms with Gasteiger partial charge in [-0.3, -0.25) is 9.59 Å². The number of H-pyrrole nitrogens is 1. The number of benzene rings is 1. The van der Waals surface area contributed by atoms with E-state index >= 15 is 0 Å². The van der Waals surface area contributed by atoms with E-state index in [2.05, 4.69) is 20.6 Å². The van der Waals surface area contributed by atoms with Crippen molar-refractivity contribution in [1.29, 1.82) is 0 Å². The number of carbonyl (C=O) groups excluding carboxylic acids is 2. The molecule has 1 aromatic carbocycles.